The van der Waals surface area contributed by atoms with Crippen molar-refractivity contribution in [2.75, 3.05) is 11.9 Å². The number of nitrogens with zero attached hydrogens (tertiary/aromatic N) is 2. The number of hydrogen-bond acceptors (Lipinski definition) is 6. The van der Waals surface area contributed by atoms with Crippen molar-refractivity contribution in [2.45, 2.75) is 20.5 Å². The molecule has 3 aromatic rings. The first-order valence-corrected chi connectivity index (χ1v) is 11.5. The maximum absolute atomic E-state index is 12.7. The molecule has 10 heteroatoms. The van der Waals surface area contributed by atoms with Crippen LogP contribution in [0.25, 0.3) is 6.08 Å². The molecule has 0 heterocycles. The molecule has 0 fully saturated rings. The molecule has 0 aromatic heterocycles. The van der Waals surface area contributed by atoms with Gasteiger partial charge in [0.2, 0.25) is 0 Å². The number of amides is 1. The number of anilines is 1. The second-order valence-corrected chi connectivity index (χ2v) is 8.34. The largest absolute Gasteiger partial charge is 0.490 e. The number of hydrogen-bond donors (Lipinski definition) is 1. The van der Waals surface area contributed by atoms with Crippen LogP contribution in [0.4, 0.5) is 11.4 Å². The van der Waals surface area contributed by atoms with Gasteiger partial charge in [-0.15, -0.1) is 0 Å². The number of benzene rings is 3. The number of halogens is 2. The summed E-state index contributed by atoms with van der Waals surface area (Å²) in [5.74, 6) is 0.0284. The highest BCUT2D eigenvalue weighted by molar-refractivity contribution is 6.35. The highest BCUT2D eigenvalue weighted by atomic mass is 35.5. The van der Waals surface area contributed by atoms with Crippen LogP contribution in [0, 0.1) is 28.4 Å². The Morgan fingerprint density at radius 3 is 2.47 bits per heavy atom. The molecule has 0 radical (unpaired) electrons. The molecule has 1 amide bonds. The van der Waals surface area contributed by atoms with Gasteiger partial charge in [-0.2, -0.15) is 5.26 Å². The average molecular weight is 526 g/mol. The standard InChI is InChI=1S/C26H21Cl2N3O5/c1-3-35-25-13-17(8-10-24(25)36-15-19-20(27)5-4-6-21(19)28)12-18(14-29)26(32)30-22-9-7-16(2)11-23(22)31(33)34/h4-13H,3,15H2,1-2H3,(H,30,32)/b18-12+. The van der Waals surface area contributed by atoms with Crippen molar-refractivity contribution in [1.82, 2.24) is 0 Å². The number of aryl methyl sites for hydroxylation is 1. The number of nitriles is 1. The molecule has 0 aliphatic heterocycles. The lowest BCUT2D eigenvalue weighted by atomic mass is 10.1. The summed E-state index contributed by atoms with van der Waals surface area (Å²) in [6, 6.07) is 16.3. The average Bonchev–Trinajstić information content (AvgIpc) is 2.84. The van der Waals surface area contributed by atoms with E-state index in [0.29, 0.717) is 44.8 Å². The summed E-state index contributed by atoms with van der Waals surface area (Å²) in [6.45, 7) is 3.96. The zero-order valence-electron chi connectivity index (χ0n) is 19.4. The van der Waals surface area contributed by atoms with E-state index < -0.39 is 10.8 Å². The van der Waals surface area contributed by atoms with E-state index in [1.54, 1.807) is 56.3 Å². The van der Waals surface area contributed by atoms with E-state index >= 15 is 0 Å². The van der Waals surface area contributed by atoms with Gasteiger partial charge in [0.25, 0.3) is 11.6 Å². The van der Waals surface area contributed by atoms with Gasteiger partial charge in [-0.05, 0) is 61.4 Å². The van der Waals surface area contributed by atoms with Crippen LogP contribution in [-0.2, 0) is 11.4 Å². The fourth-order valence-corrected chi connectivity index (χ4v) is 3.73. The maximum Gasteiger partial charge on any atom is 0.293 e. The van der Waals surface area contributed by atoms with Gasteiger partial charge in [-0.25, -0.2) is 0 Å². The van der Waals surface area contributed by atoms with E-state index in [-0.39, 0.29) is 23.6 Å². The minimum atomic E-state index is -0.781. The van der Waals surface area contributed by atoms with Crippen LogP contribution in [0.5, 0.6) is 11.5 Å². The molecular formula is C26H21Cl2N3O5. The summed E-state index contributed by atoms with van der Waals surface area (Å²) in [4.78, 5) is 23.4. The monoisotopic (exact) mass is 525 g/mol. The van der Waals surface area contributed by atoms with Crippen molar-refractivity contribution in [3.05, 3.63) is 97.0 Å². The molecule has 3 aromatic carbocycles. The number of carbonyl (C=O) groups is 1. The Bertz CT molecular complexity index is 1360. The number of nitro groups is 1. The van der Waals surface area contributed by atoms with E-state index in [4.69, 9.17) is 32.7 Å². The first kappa shape index (κ1) is 26.5. The van der Waals surface area contributed by atoms with Crippen LogP contribution in [0.1, 0.15) is 23.6 Å². The van der Waals surface area contributed by atoms with E-state index in [1.807, 2.05) is 6.07 Å². The Labute approximate surface area is 217 Å². The summed E-state index contributed by atoms with van der Waals surface area (Å²) < 4.78 is 11.5. The molecule has 0 bridgehead atoms. The van der Waals surface area contributed by atoms with E-state index in [2.05, 4.69) is 5.32 Å². The predicted molar refractivity (Wildman–Crippen MR) is 138 cm³/mol. The van der Waals surface area contributed by atoms with Crippen molar-refractivity contribution >= 4 is 46.6 Å². The molecule has 0 unspecified atom stereocenters. The van der Waals surface area contributed by atoms with Crippen LogP contribution in [0.15, 0.2) is 60.2 Å². The molecule has 0 spiro atoms. The normalized spacial score (nSPS) is 10.9. The molecule has 8 nitrogen and oxygen atoms in total. The van der Waals surface area contributed by atoms with Crippen LogP contribution in [0.2, 0.25) is 10.0 Å². The Hall–Kier alpha value is -4.06. The second-order valence-electron chi connectivity index (χ2n) is 7.53. The summed E-state index contributed by atoms with van der Waals surface area (Å²) in [5, 5.41) is 24.3. The van der Waals surface area contributed by atoms with Crippen LogP contribution >= 0.6 is 23.2 Å². The number of ether oxygens (including phenoxy) is 2. The van der Waals surface area contributed by atoms with Crippen molar-refractivity contribution < 1.29 is 19.2 Å². The topological polar surface area (TPSA) is 114 Å². The van der Waals surface area contributed by atoms with Gasteiger partial charge in [0, 0.05) is 21.7 Å². The Morgan fingerprint density at radius 1 is 1.11 bits per heavy atom. The molecule has 3 rings (SSSR count). The van der Waals surface area contributed by atoms with Crippen LogP contribution in [0.3, 0.4) is 0 Å². The van der Waals surface area contributed by atoms with Gasteiger partial charge in [0.1, 0.15) is 23.9 Å². The van der Waals surface area contributed by atoms with Crippen molar-refractivity contribution in [1.29, 1.82) is 5.26 Å². The minimum absolute atomic E-state index is 0.00580. The highest BCUT2D eigenvalue weighted by Crippen LogP contribution is 2.32. The lowest BCUT2D eigenvalue weighted by molar-refractivity contribution is -0.384. The van der Waals surface area contributed by atoms with E-state index in [9.17, 15) is 20.2 Å². The summed E-state index contributed by atoms with van der Waals surface area (Å²) in [7, 11) is 0. The van der Waals surface area contributed by atoms with Gasteiger partial charge in [0.15, 0.2) is 11.5 Å². The molecule has 36 heavy (non-hydrogen) atoms. The number of nitrogens with one attached hydrogen (secondary N) is 1. The Kier molecular flexibility index (Phi) is 8.90. The van der Waals surface area contributed by atoms with Crippen molar-refractivity contribution in [3.8, 4) is 17.6 Å². The molecular weight excluding hydrogens is 505 g/mol. The molecule has 0 aliphatic carbocycles. The highest BCUT2D eigenvalue weighted by Gasteiger charge is 2.18. The second kappa shape index (κ2) is 12.1. The van der Waals surface area contributed by atoms with Gasteiger partial charge in [-0.1, -0.05) is 41.4 Å². The first-order chi connectivity index (χ1) is 17.2. The van der Waals surface area contributed by atoms with Gasteiger partial charge in [-0.3, -0.25) is 14.9 Å². The van der Waals surface area contributed by atoms with Crippen LogP contribution in [-0.4, -0.2) is 17.4 Å². The summed E-state index contributed by atoms with van der Waals surface area (Å²) in [6.07, 6.45) is 1.35. The van der Waals surface area contributed by atoms with E-state index in [0.717, 1.165) is 0 Å². The fraction of sp³-hybridized carbons (Fsp3) is 0.154. The van der Waals surface area contributed by atoms with Crippen molar-refractivity contribution in [2.24, 2.45) is 0 Å². The third-order valence-corrected chi connectivity index (χ3v) is 5.68. The molecule has 0 saturated heterocycles. The number of rotatable bonds is 9. The molecule has 1 N–H and O–H groups in total. The van der Waals surface area contributed by atoms with Crippen LogP contribution < -0.4 is 14.8 Å². The number of carbonyl (C=O) groups excluding carboxylic acids is 1. The number of nitro benzene ring substituents is 1. The third kappa shape index (κ3) is 6.54. The Balaban J connectivity index is 1.84. The predicted octanol–water partition coefficient (Wildman–Crippen LogP) is 6.73. The third-order valence-electron chi connectivity index (χ3n) is 4.98. The van der Waals surface area contributed by atoms with Gasteiger partial charge < -0.3 is 14.8 Å². The lowest BCUT2D eigenvalue weighted by Crippen LogP contribution is -2.14. The fourth-order valence-electron chi connectivity index (χ4n) is 3.23. The molecule has 184 valence electrons. The summed E-state index contributed by atoms with van der Waals surface area (Å²) in [5.41, 5.74) is 1.27. The lowest BCUT2D eigenvalue weighted by Gasteiger charge is -2.14. The van der Waals surface area contributed by atoms with Gasteiger partial charge in [0.05, 0.1) is 11.5 Å². The van der Waals surface area contributed by atoms with Gasteiger partial charge >= 0.3 is 0 Å². The minimum Gasteiger partial charge on any atom is -0.490 e. The van der Waals surface area contributed by atoms with Crippen molar-refractivity contribution in [3.63, 3.8) is 0 Å². The summed E-state index contributed by atoms with van der Waals surface area (Å²) >= 11 is 12.4. The Morgan fingerprint density at radius 2 is 1.83 bits per heavy atom. The SMILES string of the molecule is CCOc1cc(/C=C(\C#N)C(=O)Nc2ccc(C)cc2[N+](=O)[O-])ccc1OCc1c(Cl)cccc1Cl. The first-order valence-electron chi connectivity index (χ1n) is 10.7. The molecule has 0 aliphatic rings. The smallest absolute Gasteiger partial charge is 0.293 e. The van der Waals surface area contributed by atoms with E-state index in [1.165, 1.54) is 18.2 Å². The quantitative estimate of drug-likeness (QED) is 0.143. The molecule has 0 saturated carbocycles. The molecule has 0 atom stereocenters. The maximum atomic E-state index is 12.7. The zero-order chi connectivity index (χ0) is 26.2. The zero-order valence-corrected chi connectivity index (χ0v) is 20.9.